The Kier molecular flexibility index (Phi) is 6.39. The van der Waals surface area contributed by atoms with Gasteiger partial charge in [-0.2, -0.15) is 18.3 Å². The summed E-state index contributed by atoms with van der Waals surface area (Å²) in [5.41, 5.74) is 5.56. The summed E-state index contributed by atoms with van der Waals surface area (Å²) in [5, 5.41) is 6.31. The zero-order valence-corrected chi connectivity index (χ0v) is 13.9. The number of halogens is 4. The van der Waals surface area contributed by atoms with Gasteiger partial charge in [-0.1, -0.05) is 13.8 Å². The van der Waals surface area contributed by atoms with Crippen molar-refractivity contribution in [1.82, 2.24) is 9.78 Å². The van der Waals surface area contributed by atoms with Crippen LogP contribution in [0.1, 0.15) is 19.5 Å². The number of anilines is 1. The van der Waals surface area contributed by atoms with E-state index in [1.54, 1.807) is 0 Å². The average molecular weight is 363 g/mol. The lowest BCUT2D eigenvalue weighted by Gasteiger charge is -2.15. The van der Waals surface area contributed by atoms with Crippen molar-refractivity contribution in [3.63, 3.8) is 0 Å². The van der Waals surface area contributed by atoms with Gasteiger partial charge in [0.15, 0.2) is 0 Å². The summed E-state index contributed by atoms with van der Waals surface area (Å²) in [4.78, 5) is 11.9. The van der Waals surface area contributed by atoms with Crippen molar-refractivity contribution in [2.24, 2.45) is 11.7 Å². The number of hydrogen-bond donors (Lipinski definition) is 2. The van der Waals surface area contributed by atoms with E-state index in [9.17, 15) is 18.0 Å². The summed E-state index contributed by atoms with van der Waals surface area (Å²) in [6.45, 7) is 3.65. The molecule has 0 aliphatic rings. The van der Waals surface area contributed by atoms with Gasteiger partial charge in [-0.05, 0) is 36.2 Å². The van der Waals surface area contributed by atoms with E-state index in [0.29, 0.717) is 5.69 Å². The van der Waals surface area contributed by atoms with Crippen molar-refractivity contribution < 1.29 is 18.0 Å². The first-order valence-corrected chi connectivity index (χ1v) is 6.98. The first-order chi connectivity index (χ1) is 10.7. The lowest BCUT2D eigenvalue weighted by Crippen LogP contribution is -2.39. The smallest absolute Gasteiger partial charge is 0.325 e. The molecule has 0 bridgehead atoms. The van der Waals surface area contributed by atoms with Crippen LogP contribution in [0.25, 0.3) is 5.69 Å². The summed E-state index contributed by atoms with van der Waals surface area (Å²) in [6, 6.07) is 6.14. The van der Waals surface area contributed by atoms with Gasteiger partial charge in [-0.3, -0.25) is 4.79 Å². The van der Waals surface area contributed by atoms with Crippen LogP contribution >= 0.6 is 12.4 Å². The Morgan fingerprint density at radius 3 is 2.29 bits per heavy atom. The van der Waals surface area contributed by atoms with E-state index in [-0.39, 0.29) is 29.9 Å². The number of alkyl halides is 3. The Morgan fingerprint density at radius 1 is 1.21 bits per heavy atom. The van der Waals surface area contributed by atoms with Gasteiger partial charge in [0, 0.05) is 5.69 Å². The molecule has 0 spiro atoms. The highest BCUT2D eigenvalue weighted by Crippen LogP contribution is 2.30. The molecule has 2 aromatic rings. The number of aromatic nitrogens is 2. The van der Waals surface area contributed by atoms with Gasteiger partial charge >= 0.3 is 6.18 Å². The molecule has 3 N–H and O–H groups in total. The Hall–Kier alpha value is -2.06. The third-order valence-electron chi connectivity index (χ3n) is 3.33. The van der Waals surface area contributed by atoms with E-state index in [1.807, 2.05) is 13.8 Å². The first kappa shape index (κ1) is 20.0. The quantitative estimate of drug-likeness (QED) is 0.877. The molecule has 5 nitrogen and oxygen atoms in total. The van der Waals surface area contributed by atoms with Crippen LogP contribution in [0.15, 0.2) is 36.5 Å². The van der Waals surface area contributed by atoms with Gasteiger partial charge in [-0.25, -0.2) is 4.68 Å². The Morgan fingerprint density at radius 2 is 1.79 bits per heavy atom. The fourth-order valence-electron chi connectivity index (χ4n) is 1.94. The lowest BCUT2D eigenvalue weighted by atomic mass is 10.0. The molecule has 0 radical (unpaired) electrons. The molecule has 2 rings (SSSR count). The molecule has 1 heterocycles. The van der Waals surface area contributed by atoms with Crippen molar-refractivity contribution >= 4 is 24.0 Å². The van der Waals surface area contributed by atoms with Gasteiger partial charge in [0.1, 0.15) is 5.69 Å². The largest absolute Gasteiger partial charge is 0.433 e. The van der Waals surface area contributed by atoms with Crippen LogP contribution in [0.2, 0.25) is 0 Å². The fourth-order valence-corrected chi connectivity index (χ4v) is 1.94. The van der Waals surface area contributed by atoms with Crippen LogP contribution in [0, 0.1) is 5.92 Å². The maximum atomic E-state index is 12.9. The van der Waals surface area contributed by atoms with E-state index in [2.05, 4.69) is 10.4 Å². The molecule has 1 aromatic heterocycles. The topological polar surface area (TPSA) is 72.9 Å². The molecular formula is C15H18ClF3N4O. The van der Waals surface area contributed by atoms with Crippen molar-refractivity contribution in [1.29, 1.82) is 0 Å². The summed E-state index contributed by atoms with van der Waals surface area (Å²) in [5.74, 6) is -0.365. The van der Waals surface area contributed by atoms with Crippen LogP contribution in [-0.2, 0) is 11.0 Å². The summed E-state index contributed by atoms with van der Waals surface area (Å²) >= 11 is 0. The molecule has 1 aromatic carbocycles. The van der Waals surface area contributed by atoms with E-state index in [0.717, 1.165) is 16.9 Å². The number of rotatable bonds is 4. The third-order valence-corrected chi connectivity index (χ3v) is 3.33. The molecule has 0 fully saturated rings. The number of amides is 1. The lowest BCUT2D eigenvalue weighted by molar-refractivity contribution is -0.142. The standard InChI is InChI=1S/C15H17F3N4O.ClH/c1-9(2)13(19)14(23)21-10-3-5-11(6-4-10)22-12(7-8-20-22)15(16,17)18;/h3-9,13H,19H2,1-2H3,(H,21,23);1H/t13-;/m1./s1. The minimum atomic E-state index is -4.49. The van der Waals surface area contributed by atoms with Crippen LogP contribution in [0.3, 0.4) is 0 Å². The molecule has 0 saturated carbocycles. The zero-order valence-electron chi connectivity index (χ0n) is 13.0. The molecule has 0 unspecified atom stereocenters. The molecule has 0 saturated heterocycles. The zero-order chi connectivity index (χ0) is 17.2. The second-order valence-corrected chi connectivity index (χ2v) is 5.43. The average Bonchev–Trinajstić information content (AvgIpc) is 2.96. The van der Waals surface area contributed by atoms with Crippen LogP contribution in [0.5, 0.6) is 0 Å². The third kappa shape index (κ3) is 4.48. The summed E-state index contributed by atoms with van der Waals surface area (Å²) in [6.07, 6.45) is -3.41. The van der Waals surface area contributed by atoms with E-state index >= 15 is 0 Å². The number of carbonyl (C=O) groups excluding carboxylic acids is 1. The van der Waals surface area contributed by atoms with E-state index in [4.69, 9.17) is 5.73 Å². The molecule has 132 valence electrons. The molecule has 0 aliphatic carbocycles. The Balaban J connectivity index is 0.00000288. The summed E-state index contributed by atoms with van der Waals surface area (Å²) in [7, 11) is 0. The minimum Gasteiger partial charge on any atom is -0.325 e. The maximum absolute atomic E-state index is 12.9. The normalized spacial score (nSPS) is 12.6. The Labute approximate surface area is 143 Å². The highest BCUT2D eigenvalue weighted by atomic mass is 35.5. The number of nitrogens with one attached hydrogen (secondary N) is 1. The summed E-state index contributed by atoms with van der Waals surface area (Å²) < 4.78 is 39.4. The Bertz CT molecular complexity index is 683. The molecule has 0 aliphatic heterocycles. The number of hydrogen-bond acceptors (Lipinski definition) is 3. The number of nitrogens with zero attached hydrogens (tertiary/aromatic N) is 2. The van der Waals surface area contributed by atoms with Gasteiger partial charge in [0.25, 0.3) is 0 Å². The highest BCUT2D eigenvalue weighted by Gasteiger charge is 2.35. The van der Waals surface area contributed by atoms with Crippen molar-refractivity contribution in [2.45, 2.75) is 26.1 Å². The molecule has 1 amide bonds. The van der Waals surface area contributed by atoms with Gasteiger partial charge in [0.2, 0.25) is 5.91 Å². The SMILES string of the molecule is CC(C)[C@@H](N)C(=O)Nc1ccc(-n2nccc2C(F)(F)F)cc1.Cl. The number of nitrogens with two attached hydrogens (primary N) is 1. The van der Waals surface area contributed by atoms with E-state index < -0.39 is 17.9 Å². The molecule has 9 heteroatoms. The highest BCUT2D eigenvalue weighted by molar-refractivity contribution is 5.94. The van der Waals surface area contributed by atoms with Gasteiger partial charge < -0.3 is 11.1 Å². The second kappa shape index (κ2) is 7.67. The van der Waals surface area contributed by atoms with Crippen LogP contribution in [-0.4, -0.2) is 21.7 Å². The number of carbonyl (C=O) groups is 1. The van der Waals surface area contributed by atoms with Gasteiger partial charge in [-0.15, -0.1) is 12.4 Å². The van der Waals surface area contributed by atoms with E-state index in [1.165, 1.54) is 24.3 Å². The van der Waals surface area contributed by atoms with Crippen LogP contribution < -0.4 is 11.1 Å². The monoisotopic (exact) mass is 362 g/mol. The molecule has 24 heavy (non-hydrogen) atoms. The fraction of sp³-hybridized carbons (Fsp3) is 0.333. The van der Waals surface area contributed by atoms with Crippen LogP contribution in [0.4, 0.5) is 18.9 Å². The van der Waals surface area contributed by atoms with Crippen molar-refractivity contribution in [2.75, 3.05) is 5.32 Å². The second-order valence-electron chi connectivity index (χ2n) is 5.43. The first-order valence-electron chi connectivity index (χ1n) is 6.98. The predicted octanol–water partition coefficient (Wildman–Crippen LogP) is 3.23. The molecular weight excluding hydrogens is 345 g/mol. The van der Waals surface area contributed by atoms with Gasteiger partial charge in [0.05, 0.1) is 17.9 Å². The van der Waals surface area contributed by atoms with Crippen molar-refractivity contribution in [3.8, 4) is 5.69 Å². The number of benzene rings is 1. The predicted molar refractivity (Wildman–Crippen MR) is 87.3 cm³/mol. The minimum absolute atomic E-state index is 0. The maximum Gasteiger partial charge on any atom is 0.433 e. The van der Waals surface area contributed by atoms with Crippen molar-refractivity contribution in [3.05, 3.63) is 42.2 Å². The molecule has 1 atom stereocenters.